The van der Waals surface area contributed by atoms with Crippen LogP contribution in [0.15, 0.2) is 27.9 Å². The SMILES string of the molecule is Cc1ccc(C)c(CSc2nc(CC(=O)O)cs2)c1. The van der Waals surface area contributed by atoms with Crippen molar-refractivity contribution in [2.75, 3.05) is 0 Å². The van der Waals surface area contributed by atoms with Gasteiger partial charge in [-0.3, -0.25) is 4.79 Å². The van der Waals surface area contributed by atoms with Gasteiger partial charge >= 0.3 is 5.97 Å². The van der Waals surface area contributed by atoms with Crippen LogP contribution in [-0.2, 0) is 17.0 Å². The number of aryl methyl sites for hydroxylation is 2. The zero-order chi connectivity index (χ0) is 13.8. The van der Waals surface area contributed by atoms with Crippen molar-refractivity contribution in [1.82, 2.24) is 4.98 Å². The summed E-state index contributed by atoms with van der Waals surface area (Å²) in [6, 6.07) is 6.43. The fraction of sp³-hybridized carbons (Fsp3) is 0.286. The van der Waals surface area contributed by atoms with Crippen LogP contribution in [0.4, 0.5) is 0 Å². The molecule has 3 nitrogen and oxygen atoms in total. The molecule has 0 atom stereocenters. The van der Waals surface area contributed by atoms with Crippen molar-refractivity contribution in [2.24, 2.45) is 0 Å². The van der Waals surface area contributed by atoms with Crippen molar-refractivity contribution < 1.29 is 9.90 Å². The van der Waals surface area contributed by atoms with Gasteiger partial charge in [0.1, 0.15) is 4.34 Å². The quantitative estimate of drug-likeness (QED) is 0.854. The third-order valence-electron chi connectivity index (χ3n) is 2.72. The van der Waals surface area contributed by atoms with Crippen LogP contribution >= 0.6 is 23.1 Å². The summed E-state index contributed by atoms with van der Waals surface area (Å²) in [5.74, 6) is 0.0319. The highest BCUT2D eigenvalue weighted by molar-refractivity contribution is 8.00. The lowest BCUT2D eigenvalue weighted by molar-refractivity contribution is -0.136. The summed E-state index contributed by atoms with van der Waals surface area (Å²) in [6.45, 7) is 4.19. The lowest BCUT2D eigenvalue weighted by atomic mass is 10.1. The molecule has 1 N–H and O–H groups in total. The lowest BCUT2D eigenvalue weighted by Gasteiger charge is -2.05. The van der Waals surface area contributed by atoms with Gasteiger partial charge in [-0.2, -0.15) is 0 Å². The lowest BCUT2D eigenvalue weighted by Crippen LogP contribution is -1.99. The minimum Gasteiger partial charge on any atom is -0.481 e. The van der Waals surface area contributed by atoms with Gasteiger partial charge in [0.25, 0.3) is 0 Å². The number of carbonyl (C=O) groups is 1. The molecule has 0 amide bonds. The van der Waals surface area contributed by atoms with Crippen LogP contribution in [0, 0.1) is 13.8 Å². The Kier molecular flexibility index (Phi) is 4.61. The molecule has 0 saturated heterocycles. The maximum Gasteiger partial charge on any atom is 0.309 e. The molecule has 0 saturated carbocycles. The van der Waals surface area contributed by atoms with Crippen molar-refractivity contribution in [3.05, 3.63) is 46.0 Å². The van der Waals surface area contributed by atoms with E-state index in [1.54, 1.807) is 11.8 Å². The summed E-state index contributed by atoms with van der Waals surface area (Å²) in [6.07, 6.45) is 0.000529. The van der Waals surface area contributed by atoms with Crippen molar-refractivity contribution in [1.29, 1.82) is 0 Å². The molecule has 100 valence electrons. The molecule has 0 radical (unpaired) electrons. The Morgan fingerprint density at radius 3 is 2.95 bits per heavy atom. The second-order valence-electron chi connectivity index (χ2n) is 4.39. The minimum atomic E-state index is -0.837. The zero-order valence-corrected chi connectivity index (χ0v) is 12.5. The third-order valence-corrected chi connectivity index (χ3v) is 4.84. The highest BCUT2D eigenvalue weighted by Crippen LogP contribution is 2.27. The van der Waals surface area contributed by atoms with Gasteiger partial charge in [0, 0.05) is 11.1 Å². The number of rotatable bonds is 5. The van der Waals surface area contributed by atoms with E-state index < -0.39 is 5.97 Å². The van der Waals surface area contributed by atoms with Gasteiger partial charge < -0.3 is 5.11 Å². The molecule has 0 spiro atoms. The van der Waals surface area contributed by atoms with Gasteiger partial charge in [0.15, 0.2) is 0 Å². The van der Waals surface area contributed by atoms with Crippen LogP contribution in [0.2, 0.25) is 0 Å². The van der Waals surface area contributed by atoms with E-state index in [9.17, 15) is 4.79 Å². The normalized spacial score (nSPS) is 10.6. The van der Waals surface area contributed by atoms with Crippen LogP contribution in [0.5, 0.6) is 0 Å². The highest BCUT2D eigenvalue weighted by atomic mass is 32.2. The molecule has 2 rings (SSSR count). The van der Waals surface area contributed by atoms with E-state index in [4.69, 9.17) is 5.11 Å². The molecule has 19 heavy (non-hydrogen) atoms. The summed E-state index contributed by atoms with van der Waals surface area (Å²) in [4.78, 5) is 14.9. The fourth-order valence-electron chi connectivity index (χ4n) is 1.69. The van der Waals surface area contributed by atoms with Crippen molar-refractivity contribution in [3.8, 4) is 0 Å². The molecule has 1 aromatic carbocycles. The number of hydrogen-bond acceptors (Lipinski definition) is 4. The third kappa shape index (κ3) is 4.08. The number of hydrogen-bond donors (Lipinski definition) is 1. The molecule has 0 aliphatic carbocycles. The number of carboxylic acid groups (broad SMARTS) is 1. The minimum absolute atomic E-state index is 0.000529. The van der Waals surface area contributed by atoms with Gasteiger partial charge in [0.05, 0.1) is 12.1 Å². The second-order valence-corrected chi connectivity index (χ2v) is 6.47. The van der Waals surface area contributed by atoms with Gasteiger partial charge in [0.2, 0.25) is 0 Å². The Labute approximate surface area is 120 Å². The smallest absolute Gasteiger partial charge is 0.309 e. The van der Waals surface area contributed by atoms with E-state index in [0.717, 1.165) is 10.1 Å². The Bertz CT molecular complexity index is 593. The number of benzene rings is 1. The predicted octanol–water partition coefficient (Wildman–Crippen LogP) is 3.68. The topological polar surface area (TPSA) is 50.2 Å². The van der Waals surface area contributed by atoms with Crippen LogP contribution in [-0.4, -0.2) is 16.1 Å². The summed E-state index contributed by atoms with van der Waals surface area (Å²) in [7, 11) is 0. The number of nitrogens with zero attached hydrogens (tertiary/aromatic N) is 1. The first-order valence-electron chi connectivity index (χ1n) is 5.89. The standard InChI is InChI=1S/C14H15NO2S2/c1-9-3-4-10(2)11(5-9)7-18-14-15-12(8-19-14)6-13(16)17/h3-5,8H,6-7H2,1-2H3,(H,16,17). The Morgan fingerprint density at radius 2 is 2.21 bits per heavy atom. The van der Waals surface area contributed by atoms with E-state index in [0.29, 0.717) is 5.69 Å². The van der Waals surface area contributed by atoms with Crippen molar-refractivity contribution in [2.45, 2.75) is 30.4 Å². The summed E-state index contributed by atoms with van der Waals surface area (Å²) >= 11 is 3.17. The number of thioether (sulfide) groups is 1. The first-order chi connectivity index (χ1) is 9.04. The monoisotopic (exact) mass is 293 g/mol. The molecule has 0 unspecified atom stereocenters. The van der Waals surface area contributed by atoms with Crippen molar-refractivity contribution in [3.63, 3.8) is 0 Å². The van der Waals surface area contributed by atoms with E-state index >= 15 is 0 Å². The van der Waals surface area contributed by atoms with E-state index in [-0.39, 0.29) is 6.42 Å². The molecule has 0 aliphatic rings. The second kappa shape index (κ2) is 6.21. The first kappa shape index (κ1) is 14.1. The predicted molar refractivity (Wildman–Crippen MR) is 78.9 cm³/mol. The first-order valence-corrected chi connectivity index (χ1v) is 7.76. The van der Waals surface area contributed by atoms with Crippen LogP contribution in [0.25, 0.3) is 0 Å². The zero-order valence-electron chi connectivity index (χ0n) is 10.8. The van der Waals surface area contributed by atoms with E-state index in [1.165, 1.54) is 28.0 Å². The number of aliphatic carboxylic acids is 1. The summed E-state index contributed by atoms with van der Waals surface area (Å²) in [5, 5.41) is 10.5. The van der Waals surface area contributed by atoms with Gasteiger partial charge in [-0.15, -0.1) is 11.3 Å². The Hall–Kier alpha value is -1.33. The van der Waals surface area contributed by atoms with Crippen molar-refractivity contribution >= 4 is 29.1 Å². The number of thiazole rings is 1. The van der Waals surface area contributed by atoms with Gasteiger partial charge in [-0.25, -0.2) is 4.98 Å². The molecular formula is C14H15NO2S2. The average Bonchev–Trinajstić information content (AvgIpc) is 2.77. The van der Waals surface area contributed by atoms with Crippen LogP contribution in [0.1, 0.15) is 22.4 Å². The molecule has 0 fully saturated rings. The van der Waals surface area contributed by atoms with E-state index in [1.807, 2.05) is 5.38 Å². The summed E-state index contributed by atoms with van der Waals surface area (Å²) in [5.41, 5.74) is 4.48. The molecule has 1 aromatic heterocycles. The highest BCUT2D eigenvalue weighted by Gasteiger charge is 2.07. The van der Waals surface area contributed by atoms with Crippen LogP contribution < -0.4 is 0 Å². The maximum absolute atomic E-state index is 10.6. The molecule has 2 aromatic rings. The Balaban J connectivity index is 2.00. The number of aromatic nitrogens is 1. The summed E-state index contributed by atoms with van der Waals surface area (Å²) < 4.78 is 0.928. The Morgan fingerprint density at radius 1 is 1.42 bits per heavy atom. The van der Waals surface area contributed by atoms with E-state index in [2.05, 4.69) is 37.0 Å². The molecule has 0 aliphatic heterocycles. The van der Waals surface area contributed by atoms with Gasteiger partial charge in [-0.05, 0) is 25.0 Å². The average molecular weight is 293 g/mol. The fourth-order valence-corrected chi connectivity index (χ4v) is 3.59. The molecule has 0 bridgehead atoms. The largest absolute Gasteiger partial charge is 0.481 e. The molecule has 5 heteroatoms. The molecule has 1 heterocycles. The number of carboxylic acids is 1. The van der Waals surface area contributed by atoms with Gasteiger partial charge in [-0.1, -0.05) is 35.5 Å². The maximum atomic E-state index is 10.6. The molecular weight excluding hydrogens is 278 g/mol. The van der Waals surface area contributed by atoms with Crippen LogP contribution in [0.3, 0.4) is 0 Å².